The van der Waals surface area contributed by atoms with Gasteiger partial charge in [0.05, 0.1) is 25.0 Å². The zero-order valence-electron chi connectivity index (χ0n) is 16.1. The second-order valence-electron chi connectivity index (χ2n) is 6.07. The predicted molar refractivity (Wildman–Crippen MR) is 108 cm³/mol. The maximum Gasteiger partial charge on any atom is 0.340 e. The molecule has 28 heavy (non-hydrogen) atoms. The Kier molecular flexibility index (Phi) is 5.79. The van der Waals surface area contributed by atoms with Gasteiger partial charge in [-0.25, -0.2) is 9.78 Å². The third kappa shape index (κ3) is 3.91. The molecule has 0 aliphatic carbocycles. The van der Waals surface area contributed by atoms with Crippen molar-refractivity contribution in [1.82, 2.24) is 9.97 Å². The SMILES string of the molecule is CCOC(=O)c1c(C)[nH]c(C(=O)Nc2nc(-c3ccc(OC)cc3)cs2)c1C. The Morgan fingerprint density at radius 1 is 1.21 bits per heavy atom. The molecule has 0 fully saturated rings. The number of amides is 1. The summed E-state index contributed by atoms with van der Waals surface area (Å²) < 4.78 is 10.2. The van der Waals surface area contributed by atoms with Crippen molar-refractivity contribution in [3.05, 3.63) is 52.2 Å². The maximum absolute atomic E-state index is 12.7. The van der Waals surface area contributed by atoms with Crippen LogP contribution in [0.5, 0.6) is 5.75 Å². The highest BCUT2D eigenvalue weighted by atomic mass is 32.1. The van der Waals surface area contributed by atoms with E-state index >= 15 is 0 Å². The average Bonchev–Trinajstić information content (AvgIpc) is 3.26. The lowest BCUT2D eigenvalue weighted by molar-refractivity contribution is 0.0525. The molecule has 0 saturated heterocycles. The molecule has 0 atom stereocenters. The van der Waals surface area contributed by atoms with Gasteiger partial charge in [-0.15, -0.1) is 11.3 Å². The molecule has 1 aromatic carbocycles. The van der Waals surface area contributed by atoms with E-state index in [-0.39, 0.29) is 12.5 Å². The van der Waals surface area contributed by atoms with E-state index in [1.165, 1.54) is 11.3 Å². The van der Waals surface area contributed by atoms with Crippen molar-refractivity contribution in [2.75, 3.05) is 19.0 Å². The van der Waals surface area contributed by atoms with Gasteiger partial charge in [-0.2, -0.15) is 0 Å². The zero-order chi connectivity index (χ0) is 20.3. The van der Waals surface area contributed by atoms with Gasteiger partial charge in [0.2, 0.25) is 0 Å². The number of H-pyrrole nitrogens is 1. The van der Waals surface area contributed by atoms with Gasteiger partial charge in [-0.1, -0.05) is 0 Å². The minimum absolute atomic E-state index is 0.275. The van der Waals surface area contributed by atoms with E-state index in [4.69, 9.17) is 9.47 Å². The molecule has 2 N–H and O–H groups in total. The molecule has 146 valence electrons. The Balaban J connectivity index is 1.78. The molecule has 0 spiro atoms. The first-order chi connectivity index (χ1) is 13.4. The molecule has 7 nitrogen and oxygen atoms in total. The number of hydrogen-bond acceptors (Lipinski definition) is 6. The number of anilines is 1. The molecule has 8 heteroatoms. The van der Waals surface area contributed by atoms with E-state index in [0.717, 1.165) is 17.0 Å². The summed E-state index contributed by atoms with van der Waals surface area (Å²) in [7, 11) is 1.61. The van der Waals surface area contributed by atoms with Crippen molar-refractivity contribution in [3.63, 3.8) is 0 Å². The first-order valence-corrected chi connectivity index (χ1v) is 9.60. The molecular weight excluding hydrogens is 378 g/mol. The van der Waals surface area contributed by atoms with Crippen LogP contribution in [0.2, 0.25) is 0 Å². The highest BCUT2D eigenvalue weighted by molar-refractivity contribution is 7.14. The normalized spacial score (nSPS) is 10.6. The number of rotatable bonds is 6. The molecule has 2 heterocycles. The fraction of sp³-hybridized carbons (Fsp3) is 0.250. The van der Waals surface area contributed by atoms with Crippen molar-refractivity contribution in [1.29, 1.82) is 0 Å². The number of aromatic amines is 1. The van der Waals surface area contributed by atoms with Crippen LogP contribution in [0.1, 0.15) is 39.0 Å². The summed E-state index contributed by atoms with van der Waals surface area (Å²) in [5, 5.41) is 5.13. The summed E-state index contributed by atoms with van der Waals surface area (Å²) in [6, 6.07) is 7.52. The van der Waals surface area contributed by atoms with Crippen LogP contribution < -0.4 is 10.1 Å². The van der Waals surface area contributed by atoms with Crippen LogP contribution in [-0.4, -0.2) is 35.6 Å². The number of hydrogen-bond donors (Lipinski definition) is 2. The molecule has 0 radical (unpaired) electrons. The zero-order valence-corrected chi connectivity index (χ0v) is 16.9. The Morgan fingerprint density at radius 2 is 1.93 bits per heavy atom. The van der Waals surface area contributed by atoms with E-state index in [2.05, 4.69) is 15.3 Å². The van der Waals surface area contributed by atoms with Crippen LogP contribution in [0.15, 0.2) is 29.6 Å². The van der Waals surface area contributed by atoms with Gasteiger partial charge in [-0.3, -0.25) is 10.1 Å². The topological polar surface area (TPSA) is 93.3 Å². The van der Waals surface area contributed by atoms with Gasteiger partial charge in [0.25, 0.3) is 5.91 Å². The highest BCUT2D eigenvalue weighted by Crippen LogP contribution is 2.27. The molecule has 0 aliphatic rings. The largest absolute Gasteiger partial charge is 0.497 e. The highest BCUT2D eigenvalue weighted by Gasteiger charge is 2.23. The molecule has 1 amide bonds. The summed E-state index contributed by atoms with van der Waals surface area (Å²) >= 11 is 1.33. The van der Waals surface area contributed by atoms with Crippen LogP contribution in [0.25, 0.3) is 11.3 Å². The van der Waals surface area contributed by atoms with Gasteiger partial charge in [0.15, 0.2) is 5.13 Å². The van der Waals surface area contributed by atoms with Crippen molar-refractivity contribution >= 4 is 28.3 Å². The maximum atomic E-state index is 12.7. The summed E-state index contributed by atoms with van der Waals surface area (Å²) in [5.41, 5.74) is 3.55. The summed E-state index contributed by atoms with van der Waals surface area (Å²) in [4.78, 5) is 32.2. The minimum atomic E-state index is -0.441. The van der Waals surface area contributed by atoms with Crippen molar-refractivity contribution < 1.29 is 19.1 Å². The molecule has 0 bridgehead atoms. The van der Waals surface area contributed by atoms with Crippen LogP contribution in [0, 0.1) is 13.8 Å². The van der Waals surface area contributed by atoms with Gasteiger partial charge in [0.1, 0.15) is 11.4 Å². The Labute approximate surface area is 166 Å². The third-order valence-electron chi connectivity index (χ3n) is 4.25. The van der Waals surface area contributed by atoms with Crippen LogP contribution >= 0.6 is 11.3 Å². The fourth-order valence-electron chi connectivity index (χ4n) is 2.87. The second-order valence-corrected chi connectivity index (χ2v) is 6.92. The van der Waals surface area contributed by atoms with E-state index < -0.39 is 5.97 Å². The Hall–Kier alpha value is -3.13. The lowest BCUT2D eigenvalue weighted by atomic mass is 10.1. The predicted octanol–water partition coefficient (Wildman–Crippen LogP) is 4.19. The number of benzene rings is 1. The molecule has 3 rings (SSSR count). The molecule has 0 saturated carbocycles. The van der Waals surface area contributed by atoms with Crippen LogP contribution in [0.3, 0.4) is 0 Å². The number of ether oxygens (including phenoxy) is 2. The number of thiazole rings is 1. The first-order valence-electron chi connectivity index (χ1n) is 8.72. The van der Waals surface area contributed by atoms with Crippen molar-refractivity contribution in [2.45, 2.75) is 20.8 Å². The summed E-state index contributed by atoms with van der Waals surface area (Å²) in [6.45, 7) is 5.47. The van der Waals surface area contributed by atoms with Crippen LogP contribution in [0.4, 0.5) is 5.13 Å². The Bertz CT molecular complexity index is 1010. The summed E-state index contributed by atoms with van der Waals surface area (Å²) in [6.07, 6.45) is 0. The van der Waals surface area contributed by atoms with E-state index in [1.807, 2.05) is 29.6 Å². The minimum Gasteiger partial charge on any atom is -0.497 e. The van der Waals surface area contributed by atoms with Gasteiger partial charge in [0, 0.05) is 16.6 Å². The van der Waals surface area contributed by atoms with Gasteiger partial charge < -0.3 is 14.5 Å². The lowest BCUT2D eigenvalue weighted by Gasteiger charge is -2.03. The quantitative estimate of drug-likeness (QED) is 0.606. The van der Waals surface area contributed by atoms with E-state index in [0.29, 0.717) is 27.6 Å². The van der Waals surface area contributed by atoms with Crippen molar-refractivity contribution in [3.8, 4) is 17.0 Å². The molecule has 0 aliphatic heterocycles. The van der Waals surface area contributed by atoms with Crippen molar-refractivity contribution in [2.24, 2.45) is 0 Å². The number of carbonyl (C=O) groups is 2. The Morgan fingerprint density at radius 3 is 2.57 bits per heavy atom. The number of aryl methyl sites for hydroxylation is 1. The van der Waals surface area contributed by atoms with Crippen LogP contribution in [-0.2, 0) is 4.74 Å². The fourth-order valence-corrected chi connectivity index (χ4v) is 3.59. The number of methoxy groups -OCH3 is 1. The summed E-state index contributed by atoms with van der Waals surface area (Å²) in [5.74, 6) is -0.0295. The number of esters is 1. The average molecular weight is 399 g/mol. The smallest absolute Gasteiger partial charge is 0.340 e. The molecular formula is C20H21N3O4S. The number of nitrogens with one attached hydrogen (secondary N) is 2. The molecule has 0 unspecified atom stereocenters. The second kappa shape index (κ2) is 8.26. The monoisotopic (exact) mass is 399 g/mol. The van der Waals surface area contributed by atoms with Gasteiger partial charge in [-0.05, 0) is 50.6 Å². The first kappa shape index (κ1) is 19.6. The number of nitrogens with zero attached hydrogens (tertiary/aromatic N) is 1. The number of aromatic nitrogens is 2. The standard InChI is InChI=1S/C20H21N3O4S/c1-5-27-19(25)16-11(2)17(21-12(16)3)18(24)23-20-22-15(10-28-20)13-6-8-14(26-4)9-7-13/h6-10,21H,5H2,1-4H3,(H,22,23,24). The van der Waals surface area contributed by atoms with E-state index in [1.54, 1.807) is 27.9 Å². The number of carbonyl (C=O) groups excluding carboxylic acids is 2. The molecule has 2 aromatic heterocycles. The van der Waals surface area contributed by atoms with Gasteiger partial charge >= 0.3 is 5.97 Å². The van der Waals surface area contributed by atoms with E-state index in [9.17, 15) is 9.59 Å². The third-order valence-corrected chi connectivity index (χ3v) is 5.01. The molecule has 3 aromatic rings. The lowest BCUT2D eigenvalue weighted by Crippen LogP contribution is -2.14.